The Morgan fingerprint density at radius 3 is 2.53 bits per heavy atom. The number of nitrogen functional groups attached to an aromatic ring is 1. The highest BCUT2D eigenvalue weighted by Crippen LogP contribution is 2.18. The maximum absolute atomic E-state index is 12.1. The molecule has 1 amide bonds. The molecule has 0 aliphatic heterocycles. The molecule has 0 saturated carbocycles. The predicted octanol–water partition coefficient (Wildman–Crippen LogP) is 2.33. The minimum Gasteiger partial charge on any atom is -0.398 e. The molecule has 17 heavy (non-hydrogen) atoms. The summed E-state index contributed by atoms with van der Waals surface area (Å²) in [5.41, 5.74) is 9.18. The predicted molar refractivity (Wildman–Crippen MR) is 70.0 cm³/mol. The smallest absolute Gasteiger partial charge is 0.251 e. The molecule has 0 atom stereocenters. The average Bonchev–Trinajstić information content (AvgIpc) is 2.76. The first-order chi connectivity index (χ1) is 8.08. The van der Waals surface area contributed by atoms with Gasteiger partial charge in [0.25, 0.3) is 5.91 Å². The van der Waals surface area contributed by atoms with Crippen LogP contribution in [0.25, 0.3) is 0 Å². The third-order valence-corrected chi connectivity index (χ3v) is 3.20. The first-order valence-corrected chi connectivity index (χ1v) is 5.90. The van der Waals surface area contributed by atoms with Crippen molar-refractivity contribution in [3.8, 4) is 0 Å². The van der Waals surface area contributed by atoms with E-state index < -0.39 is 0 Å². The van der Waals surface area contributed by atoms with Gasteiger partial charge in [0.15, 0.2) is 0 Å². The largest absolute Gasteiger partial charge is 0.398 e. The summed E-state index contributed by atoms with van der Waals surface area (Å²) in [6, 6.07) is 3.96. The molecule has 90 valence electrons. The highest BCUT2D eigenvalue weighted by Gasteiger charge is 2.16. The fourth-order valence-electron chi connectivity index (χ4n) is 2.11. The molecule has 0 unspecified atom stereocenters. The molecule has 0 fully saturated rings. The Morgan fingerprint density at radius 2 is 1.88 bits per heavy atom. The van der Waals surface area contributed by atoms with Crippen molar-refractivity contribution in [1.82, 2.24) is 5.32 Å². The van der Waals surface area contributed by atoms with Crippen molar-refractivity contribution in [1.29, 1.82) is 0 Å². The molecular formula is C14H18N2O. The van der Waals surface area contributed by atoms with Gasteiger partial charge in [0.1, 0.15) is 0 Å². The summed E-state index contributed by atoms with van der Waals surface area (Å²) in [4.78, 5) is 12.1. The number of carbonyl (C=O) groups is 1. The van der Waals surface area contributed by atoms with Gasteiger partial charge < -0.3 is 11.1 Å². The number of nitrogens with one attached hydrogen (secondary N) is 1. The number of anilines is 1. The summed E-state index contributed by atoms with van der Waals surface area (Å²) >= 11 is 0. The van der Waals surface area contributed by atoms with Gasteiger partial charge in [0.05, 0.1) is 0 Å². The van der Waals surface area contributed by atoms with E-state index in [0.717, 1.165) is 24.0 Å². The lowest BCUT2D eigenvalue weighted by molar-refractivity contribution is 0.0938. The average molecular weight is 230 g/mol. The summed E-state index contributed by atoms with van der Waals surface area (Å²) in [6.45, 7) is 3.89. The van der Waals surface area contributed by atoms with Crippen LogP contribution in [0.15, 0.2) is 24.3 Å². The Morgan fingerprint density at radius 1 is 1.24 bits per heavy atom. The van der Waals surface area contributed by atoms with Crippen LogP contribution < -0.4 is 11.1 Å². The topological polar surface area (TPSA) is 55.1 Å². The molecule has 3 nitrogen and oxygen atoms in total. The summed E-state index contributed by atoms with van der Waals surface area (Å²) in [7, 11) is 0. The van der Waals surface area contributed by atoms with E-state index in [0.29, 0.717) is 11.3 Å². The fraction of sp³-hybridized carbons (Fsp3) is 0.357. The van der Waals surface area contributed by atoms with E-state index >= 15 is 0 Å². The number of nitrogens with two attached hydrogens (primary N) is 1. The maximum Gasteiger partial charge on any atom is 0.251 e. The van der Waals surface area contributed by atoms with E-state index in [4.69, 9.17) is 5.73 Å². The maximum atomic E-state index is 12.1. The van der Waals surface area contributed by atoms with Crippen molar-refractivity contribution in [3.05, 3.63) is 41.0 Å². The number of benzene rings is 1. The second kappa shape index (κ2) is 4.62. The van der Waals surface area contributed by atoms with E-state index in [1.807, 2.05) is 19.9 Å². The number of hydrogen-bond donors (Lipinski definition) is 2. The zero-order valence-electron chi connectivity index (χ0n) is 10.3. The van der Waals surface area contributed by atoms with E-state index in [2.05, 4.69) is 17.5 Å². The van der Waals surface area contributed by atoms with Crippen LogP contribution in [0, 0.1) is 13.8 Å². The lowest BCUT2D eigenvalue weighted by atomic mass is 10.0. The minimum absolute atomic E-state index is 0.0251. The molecule has 0 radical (unpaired) electrons. The van der Waals surface area contributed by atoms with Crippen LogP contribution in [-0.2, 0) is 0 Å². The number of aryl methyl sites for hydroxylation is 2. The molecule has 2 rings (SSSR count). The molecule has 1 aliphatic rings. The Labute approximate surface area is 102 Å². The third-order valence-electron chi connectivity index (χ3n) is 3.20. The summed E-state index contributed by atoms with van der Waals surface area (Å²) in [5.74, 6) is -0.0251. The zero-order valence-corrected chi connectivity index (χ0v) is 10.3. The fourth-order valence-corrected chi connectivity index (χ4v) is 2.11. The van der Waals surface area contributed by atoms with Crippen LogP contribution in [0.4, 0.5) is 5.69 Å². The van der Waals surface area contributed by atoms with E-state index in [-0.39, 0.29) is 11.9 Å². The Hall–Kier alpha value is -1.77. The molecule has 0 bridgehead atoms. The van der Waals surface area contributed by atoms with Gasteiger partial charge in [-0.3, -0.25) is 4.79 Å². The molecule has 0 saturated heterocycles. The molecule has 0 heterocycles. The number of rotatable bonds is 2. The van der Waals surface area contributed by atoms with Crippen molar-refractivity contribution in [2.45, 2.75) is 32.7 Å². The first kappa shape index (κ1) is 11.7. The lowest BCUT2D eigenvalue weighted by Crippen LogP contribution is -2.33. The molecule has 3 heteroatoms. The Bertz CT molecular complexity index is 469. The van der Waals surface area contributed by atoms with Gasteiger partial charge in [-0.15, -0.1) is 0 Å². The summed E-state index contributed by atoms with van der Waals surface area (Å²) < 4.78 is 0. The van der Waals surface area contributed by atoms with Crippen molar-refractivity contribution < 1.29 is 4.79 Å². The number of hydrogen-bond acceptors (Lipinski definition) is 2. The highest BCUT2D eigenvalue weighted by atomic mass is 16.1. The Balaban J connectivity index is 2.16. The van der Waals surface area contributed by atoms with Gasteiger partial charge in [-0.1, -0.05) is 18.2 Å². The molecule has 1 aromatic carbocycles. The van der Waals surface area contributed by atoms with Gasteiger partial charge in [-0.25, -0.2) is 0 Å². The molecule has 1 aromatic rings. The van der Waals surface area contributed by atoms with Gasteiger partial charge in [0.2, 0.25) is 0 Å². The monoisotopic (exact) mass is 230 g/mol. The molecule has 0 spiro atoms. The molecular weight excluding hydrogens is 212 g/mol. The van der Waals surface area contributed by atoms with E-state index in [9.17, 15) is 4.79 Å². The van der Waals surface area contributed by atoms with Crippen LogP contribution in [0.2, 0.25) is 0 Å². The third kappa shape index (κ3) is 2.49. The normalized spacial score (nSPS) is 15.2. The van der Waals surface area contributed by atoms with Crippen LogP contribution in [0.5, 0.6) is 0 Å². The van der Waals surface area contributed by atoms with Crippen LogP contribution in [-0.4, -0.2) is 11.9 Å². The van der Waals surface area contributed by atoms with Gasteiger partial charge in [-0.2, -0.15) is 0 Å². The van der Waals surface area contributed by atoms with E-state index in [1.165, 1.54) is 0 Å². The summed E-state index contributed by atoms with van der Waals surface area (Å²) in [5, 5.41) is 3.03. The zero-order chi connectivity index (χ0) is 12.4. The van der Waals surface area contributed by atoms with Crippen LogP contribution >= 0.6 is 0 Å². The van der Waals surface area contributed by atoms with Gasteiger partial charge in [0, 0.05) is 17.3 Å². The van der Waals surface area contributed by atoms with Gasteiger partial charge >= 0.3 is 0 Å². The van der Waals surface area contributed by atoms with Gasteiger partial charge in [-0.05, 0) is 43.9 Å². The Kier molecular flexibility index (Phi) is 3.18. The van der Waals surface area contributed by atoms with Crippen molar-refractivity contribution in [3.63, 3.8) is 0 Å². The van der Waals surface area contributed by atoms with Crippen LogP contribution in [0.3, 0.4) is 0 Å². The first-order valence-electron chi connectivity index (χ1n) is 5.90. The minimum atomic E-state index is -0.0251. The second-order valence-corrected chi connectivity index (χ2v) is 4.64. The van der Waals surface area contributed by atoms with Crippen molar-refractivity contribution >= 4 is 11.6 Å². The summed E-state index contributed by atoms with van der Waals surface area (Å²) in [6.07, 6.45) is 6.04. The second-order valence-electron chi connectivity index (χ2n) is 4.64. The quantitative estimate of drug-likeness (QED) is 0.605. The highest BCUT2D eigenvalue weighted by molar-refractivity contribution is 5.97. The molecule has 1 aliphatic carbocycles. The number of amides is 1. The van der Waals surface area contributed by atoms with E-state index in [1.54, 1.807) is 6.07 Å². The SMILES string of the molecule is Cc1cc(C)c(C(=O)NC2CC=CC2)cc1N. The molecule has 0 aromatic heterocycles. The number of carbonyl (C=O) groups excluding carboxylic acids is 1. The lowest BCUT2D eigenvalue weighted by Gasteiger charge is -2.14. The van der Waals surface area contributed by atoms with Crippen LogP contribution in [0.1, 0.15) is 34.3 Å². The standard InChI is InChI=1S/C14H18N2O/c1-9-7-10(2)13(15)8-12(9)14(17)16-11-5-3-4-6-11/h3-4,7-8,11H,5-6,15H2,1-2H3,(H,16,17). The van der Waals surface area contributed by atoms with Crippen molar-refractivity contribution in [2.24, 2.45) is 0 Å². The molecule has 3 N–H and O–H groups in total. The van der Waals surface area contributed by atoms with Crippen molar-refractivity contribution in [2.75, 3.05) is 5.73 Å².